The van der Waals surface area contributed by atoms with Crippen molar-refractivity contribution in [2.45, 2.75) is 31.9 Å². The summed E-state index contributed by atoms with van der Waals surface area (Å²) in [5.41, 5.74) is 0.0506. The molecule has 240 valence electrons. The van der Waals surface area contributed by atoms with Crippen molar-refractivity contribution in [1.29, 1.82) is 0 Å². The molecule has 0 aliphatic carbocycles. The predicted octanol–water partition coefficient (Wildman–Crippen LogP) is 5.64. The molecule has 0 spiro atoms. The molecule has 1 heterocycles. The Hall–Kier alpha value is -3.02. The number of halogens is 9. The maximum atomic E-state index is 14.3. The molecule has 1 aliphatic heterocycles. The van der Waals surface area contributed by atoms with Crippen LogP contribution < -0.4 is 14.2 Å². The number of aliphatic carboxylic acids is 1. The molecule has 0 atom stereocenters. The Bertz CT molecular complexity index is 1420. The van der Waals surface area contributed by atoms with Crippen LogP contribution in [0.4, 0.5) is 30.7 Å². The Morgan fingerprint density at radius 3 is 2.14 bits per heavy atom. The van der Waals surface area contributed by atoms with E-state index in [0.717, 1.165) is 24.5 Å². The molecule has 2 aromatic carbocycles. The number of hydrogen-bond acceptors (Lipinski definition) is 7. The van der Waals surface area contributed by atoms with E-state index >= 15 is 0 Å². The lowest BCUT2D eigenvalue weighted by molar-refractivity contribution is -0.274. The lowest BCUT2D eigenvalue weighted by atomic mass is 9.97. The molecule has 19 heteroatoms. The van der Waals surface area contributed by atoms with Gasteiger partial charge in [-0.2, -0.15) is 13.2 Å². The lowest BCUT2D eigenvalue weighted by Crippen LogP contribution is -2.35. The molecule has 0 saturated carbocycles. The van der Waals surface area contributed by atoms with Crippen molar-refractivity contribution in [3.05, 3.63) is 57.3 Å². The molecule has 0 unspecified atom stereocenters. The fraction of sp³-hybridized carbons (Fsp3) is 0.417. The van der Waals surface area contributed by atoms with Gasteiger partial charge in [0.2, 0.25) is 10.0 Å². The minimum Gasteiger partial charge on any atom is -0.492 e. The average molecular weight is 687 g/mol. The van der Waals surface area contributed by atoms with Crippen LogP contribution in [0.2, 0.25) is 10.0 Å². The lowest BCUT2D eigenvalue weighted by Gasteiger charge is -2.32. The van der Waals surface area contributed by atoms with Gasteiger partial charge in [0.25, 0.3) is 5.91 Å². The third-order valence-corrected chi connectivity index (χ3v) is 6.61. The van der Waals surface area contributed by atoms with Crippen molar-refractivity contribution in [1.82, 2.24) is 9.62 Å². The first kappa shape index (κ1) is 36.2. The van der Waals surface area contributed by atoms with Gasteiger partial charge in [0, 0.05) is 17.6 Å². The molecule has 43 heavy (non-hydrogen) atoms. The van der Waals surface area contributed by atoms with Gasteiger partial charge in [-0.3, -0.25) is 9.69 Å². The third-order valence-electron chi connectivity index (χ3n) is 5.54. The third kappa shape index (κ3) is 13.0. The summed E-state index contributed by atoms with van der Waals surface area (Å²) in [4.78, 5) is 22.9. The van der Waals surface area contributed by atoms with E-state index in [1.807, 2.05) is 0 Å². The number of nitrogens with zero attached hydrogens (tertiary/aromatic N) is 1. The molecule has 1 amide bonds. The Morgan fingerprint density at radius 1 is 1.05 bits per heavy atom. The number of nitrogens with one attached hydrogen (secondary N) is 1. The first-order chi connectivity index (χ1) is 19.6. The van der Waals surface area contributed by atoms with Crippen LogP contribution in [0.1, 0.15) is 28.8 Å². The van der Waals surface area contributed by atoms with Crippen molar-refractivity contribution in [2.24, 2.45) is 5.92 Å². The quantitative estimate of drug-likeness (QED) is 0.342. The van der Waals surface area contributed by atoms with Crippen LogP contribution in [0, 0.1) is 11.7 Å². The number of carboxylic acid groups (broad SMARTS) is 1. The number of likely N-dealkylation sites (tertiary alicyclic amines) is 1. The topological polar surface area (TPSA) is 122 Å². The summed E-state index contributed by atoms with van der Waals surface area (Å²) in [6.07, 6.45) is -7.71. The normalized spacial score (nSPS) is 14.8. The molecule has 1 fully saturated rings. The highest BCUT2D eigenvalue weighted by molar-refractivity contribution is 7.89. The molecule has 1 aliphatic rings. The van der Waals surface area contributed by atoms with Crippen LogP contribution in [0.5, 0.6) is 11.5 Å². The average Bonchev–Trinajstić information content (AvgIpc) is 2.82. The van der Waals surface area contributed by atoms with Gasteiger partial charge in [-0.05, 0) is 61.7 Å². The predicted molar refractivity (Wildman–Crippen MR) is 139 cm³/mol. The largest absolute Gasteiger partial charge is 0.573 e. The molecular formula is C24H23Cl2F7N2O7S. The number of carboxylic acids is 1. The summed E-state index contributed by atoms with van der Waals surface area (Å²) in [5, 5.41) is 7.21. The second-order valence-corrected chi connectivity index (χ2v) is 11.7. The van der Waals surface area contributed by atoms with E-state index in [2.05, 4.69) is 9.64 Å². The fourth-order valence-electron chi connectivity index (χ4n) is 3.72. The zero-order valence-electron chi connectivity index (χ0n) is 21.9. The second-order valence-electron chi connectivity index (χ2n) is 9.14. The maximum Gasteiger partial charge on any atom is 0.573 e. The summed E-state index contributed by atoms with van der Waals surface area (Å²) in [6.45, 7) is 1.89. The number of piperidine rings is 1. The molecule has 0 radical (unpaired) electrons. The van der Waals surface area contributed by atoms with Crippen LogP contribution >= 0.6 is 23.2 Å². The van der Waals surface area contributed by atoms with E-state index < -0.39 is 45.8 Å². The van der Waals surface area contributed by atoms with Crippen LogP contribution in [0.3, 0.4) is 0 Å². The van der Waals surface area contributed by atoms with Gasteiger partial charge in [-0.25, -0.2) is 22.3 Å². The monoisotopic (exact) mass is 686 g/mol. The number of alkyl halides is 6. The number of ether oxygens (including phenoxy) is 2. The zero-order valence-corrected chi connectivity index (χ0v) is 24.2. The van der Waals surface area contributed by atoms with E-state index in [1.165, 1.54) is 6.07 Å². The molecule has 2 aromatic rings. The van der Waals surface area contributed by atoms with Crippen molar-refractivity contribution in [3.63, 3.8) is 0 Å². The fourth-order valence-corrected chi connectivity index (χ4v) is 4.63. The van der Waals surface area contributed by atoms with Crippen LogP contribution in [-0.4, -0.2) is 68.8 Å². The number of sulfonamides is 1. The van der Waals surface area contributed by atoms with Gasteiger partial charge in [0.15, 0.2) is 0 Å². The molecule has 0 bridgehead atoms. The van der Waals surface area contributed by atoms with Crippen molar-refractivity contribution in [3.8, 4) is 11.5 Å². The van der Waals surface area contributed by atoms with E-state index in [0.29, 0.717) is 38.0 Å². The highest BCUT2D eigenvalue weighted by Crippen LogP contribution is 2.31. The Morgan fingerprint density at radius 2 is 1.63 bits per heavy atom. The van der Waals surface area contributed by atoms with Crippen LogP contribution in [0.15, 0.2) is 30.3 Å². The van der Waals surface area contributed by atoms with E-state index in [-0.39, 0.29) is 34.1 Å². The zero-order chi connectivity index (χ0) is 32.8. The summed E-state index contributed by atoms with van der Waals surface area (Å²) in [7, 11) is -3.87. The molecule has 9 nitrogen and oxygen atoms in total. The van der Waals surface area contributed by atoms with E-state index in [9.17, 15) is 43.9 Å². The SMILES string of the molecule is CS(=O)(=O)NC(=O)c1cc(Cl)c(OCC2CCN(Cc3cc(Cl)cc(OC(F)(F)F)c3)CC2)cc1F.O=C(O)C(F)(F)F. The Kier molecular flexibility index (Phi) is 12.3. The minimum absolute atomic E-state index is 0.0172. The van der Waals surface area contributed by atoms with Gasteiger partial charge < -0.3 is 14.6 Å². The van der Waals surface area contributed by atoms with Gasteiger partial charge in [0.05, 0.1) is 23.4 Å². The van der Waals surface area contributed by atoms with Gasteiger partial charge in [0.1, 0.15) is 17.3 Å². The van der Waals surface area contributed by atoms with Gasteiger partial charge in [-0.15, -0.1) is 13.2 Å². The van der Waals surface area contributed by atoms with E-state index in [4.69, 9.17) is 37.8 Å². The summed E-state index contributed by atoms with van der Waals surface area (Å²) < 4.78 is 117. The minimum atomic E-state index is -5.08. The van der Waals surface area contributed by atoms with Crippen LogP contribution in [0.25, 0.3) is 0 Å². The molecule has 3 rings (SSSR count). The van der Waals surface area contributed by atoms with Crippen molar-refractivity contribution in [2.75, 3.05) is 26.0 Å². The maximum absolute atomic E-state index is 14.3. The first-order valence-electron chi connectivity index (χ1n) is 11.8. The Balaban J connectivity index is 0.000000821. The van der Waals surface area contributed by atoms with E-state index in [1.54, 1.807) is 10.8 Å². The smallest absolute Gasteiger partial charge is 0.492 e. The first-order valence-corrected chi connectivity index (χ1v) is 14.5. The molecule has 1 saturated heterocycles. The number of benzene rings is 2. The second kappa shape index (κ2) is 14.6. The van der Waals surface area contributed by atoms with Gasteiger partial charge in [-0.1, -0.05) is 23.2 Å². The van der Waals surface area contributed by atoms with Crippen molar-refractivity contribution >= 4 is 45.1 Å². The number of rotatable bonds is 8. The highest BCUT2D eigenvalue weighted by atomic mass is 35.5. The Labute approximate surface area is 250 Å². The molecule has 2 N–H and O–H groups in total. The highest BCUT2D eigenvalue weighted by Gasteiger charge is 2.38. The summed E-state index contributed by atoms with van der Waals surface area (Å²) >= 11 is 12.0. The number of hydrogen-bond donors (Lipinski definition) is 2. The molecular weight excluding hydrogens is 664 g/mol. The number of amides is 1. The van der Waals surface area contributed by atoms with Crippen LogP contribution in [-0.2, 0) is 21.4 Å². The summed E-state index contributed by atoms with van der Waals surface area (Å²) in [5.74, 6) is -5.14. The molecule has 0 aromatic heterocycles. The van der Waals surface area contributed by atoms with Crippen molar-refractivity contribution < 1.29 is 63.3 Å². The number of carbonyl (C=O) groups excluding carboxylic acids is 1. The van der Waals surface area contributed by atoms with Gasteiger partial charge >= 0.3 is 18.5 Å². The number of carbonyl (C=O) groups is 2. The standard InChI is InChI=1S/C22H22Cl2F4N2O5S.C2HF3O2/c1-36(32,33)29-21(31)17-9-18(24)20(10-19(17)25)34-12-13-2-4-30(5-3-13)11-14-6-15(23)8-16(7-14)35-22(26,27)28;3-2(4,5)1(6)7/h6-10,13H,2-5,11-12H2,1H3,(H,29,31);(H,6,7). The summed E-state index contributed by atoms with van der Waals surface area (Å²) in [6, 6.07) is 5.90.